The molecule has 2 atom stereocenters. The number of hydrogen-bond donors (Lipinski definition) is 2. The van der Waals surface area contributed by atoms with Crippen molar-refractivity contribution in [3.05, 3.63) is 35.9 Å². The molecule has 3 amide bonds. The predicted octanol–water partition coefficient (Wildman–Crippen LogP) is 3.33. The number of urea groups is 1. The van der Waals surface area contributed by atoms with Crippen molar-refractivity contribution in [2.24, 2.45) is 11.8 Å². The molecule has 1 aromatic rings. The van der Waals surface area contributed by atoms with Crippen molar-refractivity contribution in [3.63, 3.8) is 0 Å². The lowest BCUT2D eigenvalue weighted by molar-refractivity contribution is -0.127. The van der Waals surface area contributed by atoms with Crippen LogP contribution in [-0.2, 0) is 4.79 Å². The summed E-state index contributed by atoms with van der Waals surface area (Å²) in [5.41, 5.74) is 1.12. The molecule has 0 saturated carbocycles. The second-order valence-corrected chi connectivity index (χ2v) is 7.53. The van der Waals surface area contributed by atoms with Crippen molar-refractivity contribution in [1.29, 1.82) is 0 Å². The Bertz CT molecular complexity index is 572. The van der Waals surface area contributed by atoms with E-state index in [4.69, 9.17) is 0 Å². The van der Waals surface area contributed by atoms with E-state index >= 15 is 0 Å². The number of rotatable bonds is 5. The quantitative estimate of drug-likeness (QED) is 0.860. The Labute approximate surface area is 151 Å². The molecule has 25 heavy (non-hydrogen) atoms. The molecule has 0 aliphatic carbocycles. The van der Waals surface area contributed by atoms with E-state index in [-0.39, 0.29) is 29.9 Å². The van der Waals surface area contributed by atoms with Gasteiger partial charge in [0.15, 0.2) is 0 Å². The highest BCUT2D eigenvalue weighted by atomic mass is 16.2. The van der Waals surface area contributed by atoms with Gasteiger partial charge in [-0.15, -0.1) is 0 Å². The van der Waals surface area contributed by atoms with E-state index in [2.05, 4.69) is 24.5 Å². The molecule has 5 nitrogen and oxygen atoms in total. The Hall–Kier alpha value is -2.04. The third-order valence-electron chi connectivity index (χ3n) is 4.61. The van der Waals surface area contributed by atoms with Crippen LogP contribution in [0.3, 0.4) is 0 Å². The summed E-state index contributed by atoms with van der Waals surface area (Å²) in [4.78, 5) is 26.8. The van der Waals surface area contributed by atoms with Crippen LogP contribution in [0.2, 0.25) is 0 Å². The molecule has 2 rings (SSSR count). The maximum Gasteiger partial charge on any atom is 0.317 e. The predicted molar refractivity (Wildman–Crippen MR) is 100 cm³/mol. The molecule has 2 N–H and O–H groups in total. The van der Waals surface area contributed by atoms with Crippen LogP contribution in [0.15, 0.2) is 30.3 Å². The van der Waals surface area contributed by atoms with E-state index in [1.807, 2.05) is 44.2 Å². The SMILES string of the molecule is CC(C)NC(=O)N1CCCC(C(=O)NC(c2ccccc2)C(C)C)C1. The summed E-state index contributed by atoms with van der Waals surface area (Å²) in [6, 6.07) is 10.1. The standard InChI is InChI=1S/C20H31N3O2/c1-14(2)18(16-9-6-5-7-10-16)22-19(24)17-11-8-12-23(13-17)20(25)21-15(3)4/h5-7,9-10,14-15,17-18H,8,11-13H2,1-4H3,(H,21,25)(H,22,24). The minimum Gasteiger partial charge on any atom is -0.349 e. The van der Waals surface area contributed by atoms with E-state index in [1.165, 1.54) is 0 Å². The molecule has 5 heteroatoms. The molecule has 0 radical (unpaired) electrons. The molecule has 0 aromatic heterocycles. The van der Waals surface area contributed by atoms with Crippen LogP contribution in [0.1, 0.15) is 52.1 Å². The maximum atomic E-state index is 12.8. The van der Waals surface area contributed by atoms with Gasteiger partial charge in [0.25, 0.3) is 0 Å². The first-order chi connectivity index (χ1) is 11.9. The average molecular weight is 345 g/mol. The van der Waals surface area contributed by atoms with Gasteiger partial charge in [0, 0.05) is 19.1 Å². The summed E-state index contributed by atoms with van der Waals surface area (Å²) in [6.07, 6.45) is 1.69. The van der Waals surface area contributed by atoms with Gasteiger partial charge < -0.3 is 15.5 Å². The normalized spacial score (nSPS) is 19.0. The Morgan fingerprint density at radius 1 is 1.08 bits per heavy atom. The highest BCUT2D eigenvalue weighted by molar-refractivity contribution is 5.81. The van der Waals surface area contributed by atoms with Gasteiger partial charge in [0.2, 0.25) is 5.91 Å². The van der Waals surface area contributed by atoms with E-state index in [9.17, 15) is 9.59 Å². The van der Waals surface area contributed by atoms with Gasteiger partial charge in [0.1, 0.15) is 0 Å². The lowest BCUT2D eigenvalue weighted by Gasteiger charge is -2.34. The highest BCUT2D eigenvalue weighted by Crippen LogP contribution is 2.24. The smallest absolute Gasteiger partial charge is 0.317 e. The van der Waals surface area contributed by atoms with Crippen LogP contribution in [0, 0.1) is 11.8 Å². The molecule has 1 saturated heterocycles. The number of carbonyl (C=O) groups excluding carboxylic acids is 2. The largest absolute Gasteiger partial charge is 0.349 e. The number of piperidine rings is 1. The number of amides is 3. The zero-order chi connectivity index (χ0) is 18.4. The fraction of sp³-hybridized carbons (Fsp3) is 0.600. The number of hydrogen-bond acceptors (Lipinski definition) is 2. The summed E-state index contributed by atoms with van der Waals surface area (Å²) >= 11 is 0. The van der Waals surface area contributed by atoms with Crippen molar-refractivity contribution < 1.29 is 9.59 Å². The van der Waals surface area contributed by atoms with Crippen molar-refractivity contribution in [2.45, 2.75) is 52.6 Å². The van der Waals surface area contributed by atoms with Crippen molar-refractivity contribution >= 4 is 11.9 Å². The van der Waals surface area contributed by atoms with Crippen LogP contribution in [0.5, 0.6) is 0 Å². The second kappa shape index (κ2) is 8.88. The van der Waals surface area contributed by atoms with Gasteiger partial charge in [0.05, 0.1) is 12.0 Å². The number of nitrogens with one attached hydrogen (secondary N) is 2. The van der Waals surface area contributed by atoms with Crippen LogP contribution >= 0.6 is 0 Å². The first-order valence-electron chi connectivity index (χ1n) is 9.29. The molecule has 1 aliphatic heterocycles. The summed E-state index contributed by atoms with van der Waals surface area (Å²) < 4.78 is 0. The van der Waals surface area contributed by atoms with Gasteiger partial charge >= 0.3 is 6.03 Å². The molecule has 0 bridgehead atoms. The van der Waals surface area contributed by atoms with Gasteiger partial charge in [-0.25, -0.2) is 4.79 Å². The molecule has 1 fully saturated rings. The molecule has 2 unspecified atom stereocenters. The van der Waals surface area contributed by atoms with Gasteiger partial charge in [-0.1, -0.05) is 44.2 Å². The summed E-state index contributed by atoms with van der Waals surface area (Å²) in [6.45, 7) is 9.32. The van der Waals surface area contributed by atoms with Gasteiger partial charge in [-0.3, -0.25) is 4.79 Å². The first-order valence-corrected chi connectivity index (χ1v) is 9.29. The number of benzene rings is 1. The fourth-order valence-electron chi connectivity index (χ4n) is 3.28. The van der Waals surface area contributed by atoms with Crippen LogP contribution in [0.4, 0.5) is 4.79 Å². The Kier molecular flexibility index (Phi) is 6.85. The number of carbonyl (C=O) groups is 2. The van der Waals surface area contributed by atoms with Gasteiger partial charge in [-0.2, -0.15) is 0 Å². The zero-order valence-corrected chi connectivity index (χ0v) is 15.8. The maximum absolute atomic E-state index is 12.8. The molecule has 1 aliphatic rings. The molecule has 1 aromatic carbocycles. The highest BCUT2D eigenvalue weighted by Gasteiger charge is 2.30. The number of nitrogens with zero attached hydrogens (tertiary/aromatic N) is 1. The summed E-state index contributed by atoms with van der Waals surface area (Å²) in [5, 5.41) is 6.12. The third kappa shape index (κ3) is 5.48. The van der Waals surface area contributed by atoms with Crippen molar-refractivity contribution in [1.82, 2.24) is 15.5 Å². The van der Waals surface area contributed by atoms with Crippen LogP contribution < -0.4 is 10.6 Å². The van der Waals surface area contributed by atoms with Crippen molar-refractivity contribution in [2.75, 3.05) is 13.1 Å². The monoisotopic (exact) mass is 345 g/mol. The number of likely N-dealkylation sites (tertiary alicyclic amines) is 1. The van der Waals surface area contributed by atoms with Crippen LogP contribution in [-0.4, -0.2) is 36.0 Å². The minimum absolute atomic E-state index is 0.00596. The fourth-order valence-corrected chi connectivity index (χ4v) is 3.28. The zero-order valence-electron chi connectivity index (χ0n) is 15.8. The topological polar surface area (TPSA) is 61.4 Å². The summed E-state index contributed by atoms with van der Waals surface area (Å²) in [5.74, 6) is 0.205. The molecule has 138 valence electrons. The van der Waals surface area contributed by atoms with E-state index in [0.29, 0.717) is 19.0 Å². The minimum atomic E-state index is -0.142. The van der Waals surface area contributed by atoms with E-state index < -0.39 is 0 Å². The molecular formula is C20H31N3O2. The van der Waals surface area contributed by atoms with Gasteiger partial charge in [-0.05, 0) is 38.2 Å². The van der Waals surface area contributed by atoms with Crippen molar-refractivity contribution in [3.8, 4) is 0 Å². The second-order valence-electron chi connectivity index (χ2n) is 7.53. The molecule has 1 heterocycles. The third-order valence-corrected chi connectivity index (χ3v) is 4.61. The molecular weight excluding hydrogens is 314 g/mol. The Morgan fingerprint density at radius 2 is 1.76 bits per heavy atom. The molecule has 0 spiro atoms. The van der Waals surface area contributed by atoms with Crippen LogP contribution in [0.25, 0.3) is 0 Å². The lowest BCUT2D eigenvalue weighted by atomic mass is 9.93. The van der Waals surface area contributed by atoms with E-state index in [1.54, 1.807) is 4.90 Å². The summed E-state index contributed by atoms with van der Waals surface area (Å²) in [7, 11) is 0. The lowest BCUT2D eigenvalue weighted by Crippen LogP contribution is -2.50. The average Bonchev–Trinajstić information content (AvgIpc) is 2.59. The van der Waals surface area contributed by atoms with E-state index in [0.717, 1.165) is 18.4 Å². The first kappa shape index (κ1) is 19.3. The Balaban J connectivity index is 2.00. The Morgan fingerprint density at radius 3 is 2.36 bits per heavy atom.